The van der Waals surface area contributed by atoms with E-state index in [4.69, 9.17) is 14.0 Å². The van der Waals surface area contributed by atoms with Gasteiger partial charge in [-0.05, 0) is 24.6 Å². The second-order valence-electron chi connectivity index (χ2n) is 5.67. The fraction of sp³-hybridized carbons (Fsp3) is 0.143. The van der Waals surface area contributed by atoms with Crippen LogP contribution in [0.4, 0.5) is 0 Å². The Kier molecular flexibility index (Phi) is 5.49. The van der Waals surface area contributed by atoms with Gasteiger partial charge in [0.2, 0.25) is 0 Å². The zero-order chi connectivity index (χ0) is 18.4. The highest BCUT2D eigenvalue weighted by Gasteiger charge is 2.16. The lowest BCUT2D eigenvalue weighted by atomic mass is 10.0. The molecule has 0 aliphatic heterocycles. The Balaban J connectivity index is 1.90. The molecule has 0 amide bonds. The summed E-state index contributed by atoms with van der Waals surface area (Å²) in [6.07, 6.45) is 1.77. The summed E-state index contributed by atoms with van der Waals surface area (Å²) >= 11 is 0. The Bertz CT molecular complexity index is 913. The monoisotopic (exact) mass is 349 g/mol. The summed E-state index contributed by atoms with van der Waals surface area (Å²) in [7, 11) is 1.60. The number of para-hydroxylation sites is 1. The van der Waals surface area contributed by atoms with Crippen molar-refractivity contribution in [3.8, 4) is 5.75 Å². The molecule has 0 saturated heterocycles. The largest absolute Gasteiger partial charge is 0.496 e. The van der Waals surface area contributed by atoms with Crippen LogP contribution < -0.4 is 4.74 Å². The minimum atomic E-state index is -0.442. The molecule has 0 aliphatic rings. The Morgan fingerprint density at radius 2 is 1.85 bits per heavy atom. The Morgan fingerprint density at radius 1 is 1.12 bits per heavy atom. The van der Waals surface area contributed by atoms with E-state index in [1.165, 1.54) is 0 Å². The van der Waals surface area contributed by atoms with Crippen LogP contribution >= 0.6 is 0 Å². The van der Waals surface area contributed by atoms with Crippen LogP contribution in [-0.2, 0) is 16.1 Å². The number of rotatable bonds is 6. The number of esters is 1. The fourth-order valence-corrected chi connectivity index (χ4v) is 2.52. The second-order valence-corrected chi connectivity index (χ2v) is 5.67. The molecule has 2 aromatic carbocycles. The average Bonchev–Trinajstić information content (AvgIpc) is 3.10. The summed E-state index contributed by atoms with van der Waals surface area (Å²) in [5.74, 6) is 0.910. The van der Waals surface area contributed by atoms with Crippen molar-refractivity contribution in [1.82, 2.24) is 5.16 Å². The summed E-state index contributed by atoms with van der Waals surface area (Å²) in [5, 5.41) is 3.84. The SMILES string of the molecule is COc1ccccc1C=C(C(=O)OCc1cc(C)on1)c1ccccc1. The number of aryl methyl sites for hydroxylation is 1. The lowest BCUT2D eigenvalue weighted by Crippen LogP contribution is -2.07. The van der Waals surface area contributed by atoms with Gasteiger partial charge in [0.25, 0.3) is 0 Å². The third-order valence-electron chi connectivity index (χ3n) is 3.77. The number of carbonyl (C=O) groups excluding carboxylic acids is 1. The van der Waals surface area contributed by atoms with E-state index in [0.29, 0.717) is 22.8 Å². The van der Waals surface area contributed by atoms with Crippen molar-refractivity contribution in [1.29, 1.82) is 0 Å². The van der Waals surface area contributed by atoms with E-state index < -0.39 is 5.97 Å². The van der Waals surface area contributed by atoms with E-state index in [0.717, 1.165) is 11.1 Å². The smallest absolute Gasteiger partial charge is 0.339 e. The minimum Gasteiger partial charge on any atom is -0.496 e. The molecule has 0 aliphatic carbocycles. The van der Waals surface area contributed by atoms with Crippen LogP contribution in [0.25, 0.3) is 11.6 Å². The Hall–Kier alpha value is -3.34. The quantitative estimate of drug-likeness (QED) is 0.378. The van der Waals surface area contributed by atoms with Gasteiger partial charge >= 0.3 is 5.97 Å². The number of carbonyl (C=O) groups is 1. The van der Waals surface area contributed by atoms with Crippen molar-refractivity contribution in [3.05, 3.63) is 83.2 Å². The normalized spacial score (nSPS) is 11.2. The number of aromatic nitrogens is 1. The first-order valence-electron chi connectivity index (χ1n) is 8.17. The summed E-state index contributed by atoms with van der Waals surface area (Å²) in [6.45, 7) is 1.83. The standard InChI is InChI=1S/C21H19NO4/c1-15-12-18(22-26-15)14-25-21(23)19(16-8-4-3-5-9-16)13-17-10-6-7-11-20(17)24-2/h3-13H,14H2,1-2H3. The summed E-state index contributed by atoms with van der Waals surface area (Å²) < 4.78 is 15.8. The molecule has 5 heteroatoms. The highest BCUT2D eigenvalue weighted by atomic mass is 16.5. The third kappa shape index (κ3) is 4.19. The van der Waals surface area contributed by atoms with E-state index in [2.05, 4.69) is 5.16 Å². The second kappa shape index (κ2) is 8.16. The molecule has 0 spiro atoms. The van der Waals surface area contributed by atoms with Gasteiger partial charge < -0.3 is 14.0 Å². The molecular weight excluding hydrogens is 330 g/mol. The molecule has 26 heavy (non-hydrogen) atoms. The van der Waals surface area contributed by atoms with Crippen molar-refractivity contribution in [2.75, 3.05) is 7.11 Å². The molecule has 0 bridgehead atoms. The van der Waals surface area contributed by atoms with Gasteiger partial charge in [-0.25, -0.2) is 4.79 Å². The minimum absolute atomic E-state index is 0.0479. The molecule has 1 heterocycles. The van der Waals surface area contributed by atoms with E-state index in [9.17, 15) is 4.79 Å². The maximum Gasteiger partial charge on any atom is 0.339 e. The van der Waals surface area contributed by atoms with Gasteiger partial charge in [0, 0.05) is 11.6 Å². The molecule has 0 N–H and O–H groups in total. The molecular formula is C21H19NO4. The van der Waals surface area contributed by atoms with Gasteiger partial charge in [-0.2, -0.15) is 0 Å². The molecule has 0 fully saturated rings. The van der Waals surface area contributed by atoms with Crippen LogP contribution in [-0.4, -0.2) is 18.2 Å². The fourth-order valence-electron chi connectivity index (χ4n) is 2.52. The number of benzene rings is 2. The Morgan fingerprint density at radius 3 is 2.54 bits per heavy atom. The Labute approximate surface area is 151 Å². The van der Waals surface area contributed by atoms with E-state index in [1.807, 2.05) is 54.6 Å². The molecule has 132 valence electrons. The van der Waals surface area contributed by atoms with Crippen LogP contribution in [0.1, 0.15) is 22.6 Å². The van der Waals surface area contributed by atoms with E-state index in [-0.39, 0.29) is 6.61 Å². The van der Waals surface area contributed by atoms with E-state index in [1.54, 1.807) is 26.2 Å². The van der Waals surface area contributed by atoms with Crippen LogP contribution in [0, 0.1) is 6.92 Å². The van der Waals surface area contributed by atoms with Crippen LogP contribution in [0.3, 0.4) is 0 Å². The molecule has 0 radical (unpaired) electrons. The van der Waals surface area contributed by atoms with Crippen molar-refractivity contribution >= 4 is 17.6 Å². The summed E-state index contributed by atoms with van der Waals surface area (Å²) in [4.78, 5) is 12.7. The molecule has 1 aromatic heterocycles. The zero-order valence-electron chi connectivity index (χ0n) is 14.6. The number of nitrogens with zero attached hydrogens (tertiary/aromatic N) is 1. The van der Waals surface area contributed by atoms with Crippen molar-refractivity contribution in [2.45, 2.75) is 13.5 Å². The van der Waals surface area contributed by atoms with E-state index >= 15 is 0 Å². The van der Waals surface area contributed by atoms with Gasteiger partial charge in [0.15, 0.2) is 0 Å². The predicted octanol–water partition coefficient (Wildman–Crippen LogP) is 4.28. The number of ether oxygens (including phenoxy) is 2. The number of hydrogen-bond donors (Lipinski definition) is 0. The van der Waals surface area contributed by atoms with Gasteiger partial charge in [0.1, 0.15) is 23.8 Å². The van der Waals surface area contributed by atoms with Crippen LogP contribution in [0.2, 0.25) is 0 Å². The van der Waals surface area contributed by atoms with Gasteiger partial charge in [-0.3, -0.25) is 0 Å². The molecule has 5 nitrogen and oxygen atoms in total. The van der Waals surface area contributed by atoms with Crippen molar-refractivity contribution < 1.29 is 18.8 Å². The highest BCUT2D eigenvalue weighted by molar-refractivity contribution is 6.21. The lowest BCUT2D eigenvalue weighted by molar-refractivity contribution is -0.137. The lowest BCUT2D eigenvalue weighted by Gasteiger charge is -2.10. The first-order valence-corrected chi connectivity index (χ1v) is 8.17. The summed E-state index contributed by atoms with van der Waals surface area (Å²) in [5.41, 5.74) is 2.57. The summed E-state index contributed by atoms with van der Waals surface area (Å²) in [6, 6.07) is 18.6. The van der Waals surface area contributed by atoms with Gasteiger partial charge in [-0.15, -0.1) is 0 Å². The van der Waals surface area contributed by atoms with Crippen molar-refractivity contribution in [3.63, 3.8) is 0 Å². The maximum atomic E-state index is 12.7. The predicted molar refractivity (Wildman–Crippen MR) is 98.3 cm³/mol. The topological polar surface area (TPSA) is 61.6 Å². The van der Waals surface area contributed by atoms with Gasteiger partial charge in [-0.1, -0.05) is 53.7 Å². The number of hydrogen-bond acceptors (Lipinski definition) is 5. The molecule has 3 rings (SSSR count). The molecule has 0 unspecified atom stereocenters. The molecule has 3 aromatic rings. The highest BCUT2D eigenvalue weighted by Crippen LogP contribution is 2.25. The average molecular weight is 349 g/mol. The zero-order valence-corrected chi connectivity index (χ0v) is 14.6. The van der Waals surface area contributed by atoms with Crippen LogP contribution in [0.5, 0.6) is 5.75 Å². The van der Waals surface area contributed by atoms with Crippen molar-refractivity contribution in [2.24, 2.45) is 0 Å². The van der Waals surface area contributed by atoms with Gasteiger partial charge in [0.05, 0.1) is 12.7 Å². The first-order chi connectivity index (χ1) is 12.7. The molecule has 0 saturated carbocycles. The maximum absolute atomic E-state index is 12.7. The number of methoxy groups -OCH3 is 1. The first kappa shape index (κ1) is 17.5. The third-order valence-corrected chi connectivity index (χ3v) is 3.77. The molecule has 0 atom stereocenters. The van der Waals surface area contributed by atoms with Crippen LogP contribution in [0.15, 0.2) is 65.2 Å².